The van der Waals surface area contributed by atoms with Crippen LogP contribution in [0.25, 0.3) is 0 Å². The van der Waals surface area contributed by atoms with Crippen LogP contribution in [0.1, 0.15) is 55.4 Å². The summed E-state index contributed by atoms with van der Waals surface area (Å²) in [7, 11) is -2.86. The molecule has 0 aliphatic rings. The first-order valence-electron chi connectivity index (χ1n) is 13.8. The van der Waals surface area contributed by atoms with Gasteiger partial charge in [0.15, 0.2) is 18.3 Å². The third kappa shape index (κ3) is 9.39. The van der Waals surface area contributed by atoms with E-state index in [-0.39, 0.29) is 11.6 Å². The van der Waals surface area contributed by atoms with Crippen LogP contribution >= 0.6 is 0 Å². The van der Waals surface area contributed by atoms with E-state index >= 15 is 0 Å². The summed E-state index contributed by atoms with van der Waals surface area (Å²) in [5.74, 6) is -2.69. The first-order chi connectivity index (χ1) is 19.7. The Morgan fingerprint density at radius 2 is 1.12 bits per heavy atom. The van der Waals surface area contributed by atoms with E-state index in [9.17, 15) is 19.2 Å². The molecule has 9 nitrogen and oxygen atoms in total. The van der Waals surface area contributed by atoms with Gasteiger partial charge in [-0.05, 0) is 28.4 Å². The standard InChI is InChI=1S/C32H42O9Si/c1-22(38-23(2)33)30(40-25(4)35)31(41-26(5)36)29(39-24(3)34)20-15-21-37-42(32(6,7)8,27-16-11-9-12-17-27)28-18-13-10-14-19-28/h9-20,22,29-31H,21H2,1-8H3/b20-15-/t22-,29-,30-,31-/m0/s1. The quantitative estimate of drug-likeness (QED) is 0.147. The van der Waals surface area contributed by atoms with Crippen LogP contribution in [0.15, 0.2) is 72.8 Å². The molecule has 42 heavy (non-hydrogen) atoms. The zero-order valence-electron chi connectivity index (χ0n) is 25.6. The number of rotatable bonds is 13. The normalized spacial score (nSPS) is 14.8. The molecule has 0 saturated heterocycles. The summed E-state index contributed by atoms with van der Waals surface area (Å²) < 4.78 is 28.5. The molecule has 228 valence electrons. The van der Waals surface area contributed by atoms with Gasteiger partial charge < -0.3 is 23.4 Å². The summed E-state index contributed by atoms with van der Waals surface area (Å²) in [6.45, 7) is 12.8. The second kappa shape index (κ2) is 15.5. The molecule has 0 saturated carbocycles. The van der Waals surface area contributed by atoms with Crippen molar-refractivity contribution in [2.75, 3.05) is 6.61 Å². The van der Waals surface area contributed by atoms with Gasteiger partial charge in [0.2, 0.25) is 0 Å². The molecule has 0 bridgehead atoms. The molecular weight excluding hydrogens is 556 g/mol. The van der Waals surface area contributed by atoms with Crippen molar-refractivity contribution >= 4 is 42.6 Å². The van der Waals surface area contributed by atoms with E-state index in [2.05, 4.69) is 45.0 Å². The minimum absolute atomic E-state index is 0.134. The van der Waals surface area contributed by atoms with Crippen LogP contribution in [-0.2, 0) is 42.6 Å². The van der Waals surface area contributed by atoms with Crippen LogP contribution in [0.5, 0.6) is 0 Å². The Hall–Kier alpha value is -3.76. The second-order valence-electron chi connectivity index (χ2n) is 10.9. The van der Waals surface area contributed by atoms with E-state index in [1.165, 1.54) is 40.7 Å². The summed E-state index contributed by atoms with van der Waals surface area (Å²) in [4.78, 5) is 47.9. The molecule has 0 spiro atoms. The predicted octanol–water partition coefficient (Wildman–Crippen LogP) is 3.87. The van der Waals surface area contributed by atoms with Crippen molar-refractivity contribution in [3.05, 3.63) is 72.8 Å². The van der Waals surface area contributed by atoms with E-state index in [1.54, 1.807) is 6.08 Å². The van der Waals surface area contributed by atoms with Crippen molar-refractivity contribution < 1.29 is 42.6 Å². The summed E-state index contributed by atoms with van der Waals surface area (Å²) in [6.07, 6.45) is -1.56. The Kier molecular flexibility index (Phi) is 12.7. The van der Waals surface area contributed by atoms with E-state index in [0.717, 1.165) is 10.4 Å². The Morgan fingerprint density at radius 1 is 0.690 bits per heavy atom. The van der Waals surface area contributed by atoms with Gasteiger partial charge >= 0.3 is 23.9 Å². The lowest BCUT2D eigenvalue weighted by Crippen LogP contribution is -2.66. The lowest BCUT2D eigenvalue weighted by atomic mass is 10.0. The van der Waals surface area contributed by atoms with E-state index < -0.39 is 56.6 Å². The molecule has 0 heterocycles. The molecule has 0 aliphatic carbocycles. The van der Waals surface area contributed by atoms with Gasteiger partial charge in [0.05, 0.1) is 6.61 Å². The molecule has 0 radical (unpaired) electrons. The number of hydrogen-bond donors (Lipinski definition) is 0. The highest BCUT2D eigenvalue weighted by molar-refractivity contribution is 6.99. The molecule has 2 aromatic rings. The number of carbonyl (C=O) groups excluding carboxylic acids is 4. The molecule has 10 heteroatoms. The maximum Gasteiger partial charge on any atom is 0.303 e. The lowest BCUT2D eigenvalue weighted by Gasteiger charge is -2.42. The predicted molar refractivity (Wildman–Crippen MR) is 161 cm³/mol. The van der Waals surface area contributed by atoms with Gasteiger partial charge in [-0.3, -0.25) is 19.2 Å². The highest BCUT2D eigenvalue weighted by Gasteiger charge is 2.50. The molecule has 2 aromatic carbocycles. The fourth-order valence-electron chi connectivity index (χ4n) is 5.00. The molecule has 0 aromatic heterocycles. The van der Waals surface area contributed by atoms with Gasteiger partial charge in [0, 0.05) is 27.7 Å². The second-order valence-corrected chi connectivity index (χ2v) is 15.2. The third-order valence-corrected chi connectivity index (χ3v) is 11.5. The van der Waals surface area contributed by atoms with E-state index in [4.69, 9.17) is 23.4 Å². The minimum atomic E-state index is -2.86. The monoisotopic (exact) mass is 598 g/mol. The van der Waals surface area contributed by atoms with Crippen molar-refractivity contribution in [1.29, 1.82) is 0 Å². The number of carbonyl (C=O) groups is 4. The minimum Gasteiger partial charge on any atom is -0.459 e. The highest BCUT2D eigenvalue weighted by atomic mass is 28.4. The zero-order chi connectivity index (χ0) is 31.5. The van der Waals surface area contributed by atoms with Crippen molar-refractivity contribution in [1.82, 2.24) is 0 Å². The molecule has 0 N–H and O–H groups in total. The first-order valence-corrected chi connectivity index (χ1v) is 15.7. The molecule has 4 atom stereocenters. The Balaban J connectivity index is 2.52. The highest BCUT2D eigenvalue weighted by Crippen LogP contribution is 2.36. The summed E-state index contributed by atoms with van der Waals surface area (Å²) in [5, 5.41) is 1.92. The molecule has 2 rings (SSSR count). The average Bonchev–Trinajstić information content (AvgIpc) is 2.89. The maximum absolute atomic E-state index is 12.1. The summed E-state index contributed by atoms with van der Waals surface area (Å²) in [6, 6.07) is 20.2. The summed E-state index contributed by atoms with van der Waals surface area (Å²) >= 11 is 0. The Labute approximate surface area is 249 Å². The van der Waals surface area contributed by atoms with Gasteiger partial charge in [0.25, 0.3) is 8.32 Å². The molecule has 0 amide bonds. The fraction of sp³-hybridized carbons (Fsp3) is 0.438. The molecule has 0 fully saturated rings. The SMILES string of the molecule is CC(=O)O[C@H]([C@@H](OC(C)=O)[C@H](/C=C\CO[Si](c1ccccc1)(c1ccccc1)C(C)(C)C)OC(C)=O)[C@H](C)OC(C)=O. The number of hydrogen-bond acceptors (Lipinski definition) is 9. The Morgan fingerprint density at radius 3 is 1.52 bits per heavy atom. The zero-order valence-corrected chi connectivity index (χ0v) is 26.6. The molecule has 0 aliphatic heterocycles. The van der Waals surface area contributed by atoms with Gasteiger partial charge in [-0.1, -0.05) is 87.5 Å². The summed E-state index contributed by atoms with van der Waals surface area (Å²) in [5.41, 5.74) is 0. The molecule has 0 unspecified atom stereocenters. The van der Waals surface area contributed by atoms with Crippen LogP contribution in [0.4, 0.5) is 0 Å². The van der Waals surface area contributed by atoms with Crippen molar-refractivity contribution in [3.63, 3.8) is 0 Å². The lowest BCUT2D eigenvalue weighted by molar-refractivity contribution is -0.193. The van der Waals surface area contributed by atoms with E-state index in [0.29, 0.717) is 0 Å². The maximum atomic E-state index is 12.1. The average molecular weight is 599 g/mol. The van der Waals surface area contributed by atoms with Crippen molar-refractivity contribution in [3.8, 4) is 0 Å². The van der Waals surface area contributed by atoms with Gasteiger partial charge in [0.1, 0.15) is 6.10 Å². The number of ether oxygens (including phenoxy) is 4. The Bertz CT molecular complexity index is 1180. The van der Waals surface area contributed by atoms with Gasteiger partial charge in [-0.15, -0.1) is 0 Å². The first kappa shape index (κ1) is 34.4. The van der Waals surface area contributed by atoms with Crippen LogP contribution in [-0.4, -0.2) is 63.2 Å². The fourth-order valence-corrected chi connectivity index (χ4v) is 9.50. The van der Waals surface area contributed by atoms with Gasteiger partial charge in [-0.25, -0.2) is 0 Å². The van der Waals surface area contributed by atoms with Crippen molar-refractivity contribution in [2.24, 2.45) is 0 Å². The van der Waals surface area contributed by atoms with Crippen molar-refractivity contribution in [2.45, 2.75) is 84.8 Å². The number of esters is 4. The van der Waals surface area contributed by atoms with Crippen LogP contribution in [0, 0.1) is 0 Å². The smallest absolute Gasteiger partial charge is 0.303 e. The number of benzene rings is 2. The topological polar surface area (TPSA) is 114 Å². The van der Waals surface area contributed by atoms with Crippen LogP contribution < -0.4 is 10.4 Å². The largest absolute Gasteiger partial charge is 0.459 e. The van der Waals surface area contributed by atoms with Crippen LogP contribution in [0.3, 0.4) is 0 Å². The van der Waals surface area contributed by atoms with Crippen LogP contribution in [0.2, 0.25) is 5.04 Å². The van der Waals surface area contributed by atoms with E-state index in [1.807, 2.05) is 36.4 Å². The molecular formula is C32H42O9Si. The van der Waals surface area contributed by atoms with Gasteiger partial charge in [-0.2, -0.15) is 0 Å². The third-order valence-electron chi connectivity index (χ3n) is 6.51.